The second kappa shape index (κ2) is 6.38. The molecule has 102 valence electrons. The summed E-state index contributed by atoms with van der Waals surface area (Å²) in [5, 5.41) is 0. The van der Waals surface area contributed by atoms with Crippen molar-refractivity contribution in [1.29, 1.82) is 0 Å². The van der Waals surface area contributed by atoms with Gasteiger partial charge < -0.3 is 4.90 Å². The lowest BCUT2D eigenvalue weighted by molar-refractivity contribution is 0.601. The van der Waals surface area contributed by atoms with Crippen molar-refractivity contribution in [2.45, 2.75) is 19.2 Å². The molecule has 0 spiro atoms. The minimum absolute atomic E-state index is 0.123. The van der Waals surface area contributed by atoms with E-state index in [1.807, 2.05) is 31.0 Å². The van der Waals surface area contributed by atoms with Crippen molar-refractivity contribution in [3.63, 3.8) is 0 Å². The van der Waals surface area contributed by atoms with Crippen LogP contribution in [0.1, 0.15) is 18.2 Å². The Hall–Kier alpha value is -0.810. The van der Waals surface area contributed by atoms with Crippen LogP contribution < -0.4 is 4.90 Å². The number of rotatable bonds is 6. The number of halogens is 1. The van der Waals surface area contributed by atoms with Crippen LogP contribution in [0, 0.1) is 0 Å². The molecule has 0 aliphatic carbocycles. The molecule has 0 unspecified atom stereocenters. The number of sulfone groups is 1. The number of hydrogen-bond acceptors (Lipinski definition) is 4. The van der Waals surface area contributed by atoms with Crippen LogP contribution in [0.3, 0.4) is 0 Å². The third-order valence-electron chi connectivity index (χ3n) is 2.63. The van der Waals surface area contributed by atoms with Crippen LogP contribution in [0.15, 0.2) is 12.1 Å². The summed E-state index contributed by atoms with van der Waals surface area (Å²) in [6.45, 7) is 2.46. The molecule has 18 heavy (non-hydrogen) atoms. The summed E-state index contributed by atoms with van der Waals surface area (Å²) in [4.78, 5) is 6.32. The minimum Gasteiger partial charge on any atom is -0.359 e. The Balaban J connectivity index is 2.87. The zero-order valence-corrected chi connectivity index (χ0v) is 12.6. The van der Waals surface area contributed by atoms with E-state index < -0.39 is 9.84 Å². The summed E-state index contributed by atoms with van der Waals surface area (Å²) in [5.41, 5.74) is 1.97. The Morgan fingerprint density at radius 2 is 2.06 bits per heavy atom. The van der Waals surface area contributed by atoms with Gasteiger partial charge in [-0.25, -0.2) is 13.4 Å². The molecular formula is C12H19ClN2O2S. The highest BCUT2D eigenvalue weighted by Gasteiger charge is 2.09. The van der Waals surface area contributed by atoms with Crippen LogP contribution in [-0.4, -0.2) is 39.0 Å². The van der Waals surface area contributed by atoms with Crippen molar-refractivity contribution >= 4 is 27.3 Å². The van der Waals surface area contributed by atoms with Gasteiger partial charge in [0.2, 0.25) is 0 Å². The fraction of sp³-hybridized carbons (Fsp3) is 0.583. The summed E-state index contributed by atoms with van der Waals surface area (Å²) < 4.78 is 22.3. The molecule has 0 bridgehead atoms. The van der Waals surface area contributed by atoms with Crippen LogP contribution in [0.5, 0.6) is 0 Å². The molecule has 0 N–H and O–H groups in total. The Morgan fingerprint density at radius 1 is 1.39 bits per heavy atom. The maximum atomic E-state index is 11.1. The van der Waals surface area contributed by atoms with E-state index in [1.165, 1.54) is 6.26 Å². The number of aromatic nitrogens is 1. The lowest BCUT2D eigenvalue weighted by atomic mass is 10.2. The SMILES string of the molecule is CCc1cc(CCl)cc(N(C)CCS(C)(=O)=O)n1. The van der Waals surface area contributed by atoms with Gasteiger partial charge in [0.25, 0.3) is 0 Å². The highest BCUT2D eigenvalue weighted by molar-refractivity contribution is 7.90. The second-order valence-corrected chi connectivity index (χ2v) is 6.89. The van der Waals surface area contributed by atoms with Crippen molar-refractivity contribution in [2.24, 2.45) is 0 Å². The van der Waals surface area contributed by atoms with Gasteiger partial charge >= 0.3 is 0 Å². The summed E-state index contributed by atoms with van der Waals surface area (Å²) in [6.07, 6.45) is 2.07. The molecule has 1 rings (SSSR count). The number of pyridine rings is 1. The monoisotopic (exact) mass is 290 g/mol. The van der Waals surface area contributed by atoms with E-state index in [0.29, 0.717) is 12.4 Å². The molecule has 0 aromatic carbocycles. The standard InChI is InChI=1S/C12H19ClN2O2S/c1-4-11-7-10(9-13)8-12(14-11)15(2)5-6-18(3,16)17/h7-8H,4-6,9H2,1-3H3. The van der Waals surface area contributed by atoms with Crippen LogP contribution in [-0.2, 0) is 22.1 Å². The van der Waals surface area contributed by atoms with Crippen molar-refractivity contribution in [3.05, 3.63) is 23.4 Å². The van der Waals surface area contributed by atoms with Crippen LogP contribution >= 0.6 is 11.6 Å². The first-order chi connectivity index (χ1) is 8.35. The first-order valence-electron chi connectivity index (χ1n) is 5.80. The first kappa shape index (κ1) is 15.2. The third-order valence-corrected chi connectivity index (χ3v) is 3.86. The largest absolute Gasteiger partial charge is 0.359 e. The molecule has 0 saturated carbocycles. The van der Waals surface area contributed by atoms with Crippen molar-refractivity contribution in [1.82, 2.24) is 4.98 Å². The molecule has 0 fully saturated rings. The highest BCUT2D eigenvalue weighted by Crippen LogP contribution is 2.16. The van der Waals surface area contributed by atoms with Gasteiger partial charge in [-0.3, -0.25) is 0 Å². The van der Waals surface area contributed by atoms with Crippen LogP contribution in [0.4, 0.5) is 5.82 Å². The summed E-state index contributed by atoms with van der Waals surface area (Å²) >= 11 is 5.84. The van der Waals surface area contributed by atoms with E-state index in [2.05, 4.69) is 4.98 Å². The molecule has 0 aliphatic heterocycles. The number of nitrogens with zero attached hydrogens (tertiary/aromatic N) is 2. The molecule has 6 heteroatoms. The number of aryl methyl sites for hydroxylation is 1. The molecule has 0 radical (unpaired) electrons. The van der Waals surface area contributed by atoms with E-state index in [4.69, 9.17) is 11.6 Å². The number of anilines is 1. The van der Waals surface area contributed by atoms with Gasteiger partial charge in [0.1, 0.15) is 15.7 Å². The fourth-order valence-corrected chi connectivity index (χ4v) is 2.26. The van der Waals surface area contributed by atoms with Gasteiger partial charge in [-0.05, 0) is 24.1 Å². The average Bonchev–Trinajstić information content (AvgIpc) is 2.34. The predicted octanol–water partition coefficient (Wildman–Crippen LogP) is 1.86. The average molecular weight is 291 g/mol. The van der Waals surface area contributed by atoms with Gasteiger partial charge in [-0.1, -0.05) is 6.92 Å². The smallest absolute Gasteiger partial charge is 0.149 e. The van der Waals surface area contributed by atoms with Crippen LogP contribution in [0.2, 0.25) is 0 Å². The van der Waals surface area contributed by atoms with Gasteiger partial charge in [0.05, 0.1) is 5.75 Å². The van der Waals surface area contributed by atoms with E-state index in [9.17, 15) is 8.42 Å². The molecule has 4 nitrogen and oxygen atoms in total. The minimum atomic E-state index is -2.95. The Kier molecular flexibility index (Phi) is 5.41. The quantitative estimate of drug-likeness (QED) is 0.751. The lowest BCUT2D eigenvalue weighted by Gasteiger charge is -2.19. The van der Waals surface area contributed by atoms with E-state index in [0.717, 1.165) is 23.5 Å². The fourth-order valence-electron chi connectivity index (χ4n) is 1.50. The van der Waals surface area contributed by atoms with Crippen molar-refractivity contribution in [2.75, 3.05) is 30.5 Å². The maximum Gasteiger partial charge on any atom is 0.149 e. The lowest BCUT2D eigenvalue weighted by Crippen LogP contribution is -2.26. The van der Waals surface area contributed by atoms with E-state index in [1.54, 1.807) is 0 Å². The zero-order valence-electron chi connectivity index (χ0n) is 11.0. The highest BCUT2D eigenvalue weighted by atomic mass is 35.5. The summed E-state index contributed by atoms with van der Waals surface area (Å²) in [7, 11) is -1.12. The molecule has 1 heterocycles. The van der Waals surface area contributed by atoms with Gasteiger partial charge in [-0.15, -0.1) is 11.6 Å². The van der Waals surface area contributed by atoms with Crippen molar-refractivity contribution < 1.29 is 8.42 Å². The van der Waals surface area contributed by atoms with E-state index >= 15 is 0 Å². The van der Waals surface area contributed by atoms with Gasteiger partial charge in [-0.2, -0.15) is 0 Å². The predicted molar refractivity (Wildman–Crippen MR) is 76.2 cm³/mol. The normalized spacial score (nSPS) is 11.6. The molecule has 0 amide bonds. The second-order valence-electron chi connectivity index (χ2n) is 4.36. The molecule has 0 atom stereocenters. The summed E-state index contributed by atoms with van der Waals surface area (Å²) in [5.74, 6) is 1.33. The third kappa shape index (κ3) is 4.82. The zero-order chi connectivity index (χ0) is 13.8. The Labute approximate surface area is 114 Å². The molecular weight excluding hydrogens is 272 g/mol. The summed E-state index contributed by atoms with van der Waals surface area (Å²) in [6, 6.07) is 3.87. The van der Waals surface area contributed by atoms with Crippen LogP contribution in [0.25, 0.3) is 0 Å². The maximum absolute atomic E-state index is 11.1. The van der Waals surface area contributed by atoms with E-state index in [-0.39, 0.29) is 5.75 Å². The molecule has 0 aliphatic rings. The topological polar surface area (TPSA) is 50.3 Å². The molecule has 1 aromatic rings. The van der Waals surface area contributed by atoms with Gasteiger partial charge in [0.15, 0.2) is 0 Å². The number of alkyl halides is 1. The first-order valence-corrected chi connectivity index (χ1v) is 8.40. The molecule has 0 saturated heterocycles. The molecule has 1 aromatic heterocycles. The Morgan fingerprint density at radius 3 is 2.56 bits per heavy atom. The number of hydrogen-bond donors (Lipinski definition) is 0. The van der Waals surface area contributed by atoms with Gasteiger partial charge in [0, 0.05) is 31.4 Å². The van der Waals surface area contributed by atoms with Crippen molar-refractivity contribution in [3.8, 4) is 0 Å². The Bertz CT molecular complexity index is 481.